The van der Waals surface area contributed by atoms with Crippen molar-refractivity contribution in [3.05, 3.63) is 41.0 Å². The van der Waals surface area contributed by atoms with Crippen LogP contribution < -0.4 is 5.19 Å². The smallest absolute Gasteiger partial charge is 0.0616 e. The van der Waals surface area contributed by atoms with Gasteiger partial charge in [-0.15, -0.1) is 0 Å². The van der Waals surface area contributed by atoms with Crippen LogP contribution >= 0.6 is 0 Å². The first-order chi connectivity index (χ1) is 6.63. The summed E-state index contributed by atoms with van der Waals surface area (Å²) in [5.41, 5.74) is 4.12. The molecule has 0 aromatic heterocycles. The van der Waals surface area contributed by atoms with Crippen molar-refractivity contribution in [2.24, 2.45) is 0 Å². The van der Waals surface area contributed by atoms with E-state index in [9.17, 15) is 0 Å². The van der Waals surface area contributed by atoms with Crippen molar-refractivity contribution in [2.75, 3.05) is 0 Å². The van der Waals surface area contributed by atoms with Crippen LogP contribution in [0.2, 0.25) is 0 Å². The maximum absolute atomic E-state index is 3.72. The van der Waals surface area contributed by atoms with Gasteiger partial charge >= 0.3 is 0 Å². The molecule has 15 heavy (non-hydrogen) atoms. The molecular formula is C13H13CrSi. The second kappa shape index (κ2) is 4.53. The Balaban J connectivity index is 0.00000112. The normalized spacial score (nSPS) is 10.1. The van der Waals surface area contributed by atoms with E-state index < -0.39 is 0 Å². The van der Waals surface area contributed by atoms with E-state index in [0.717, 1.165) is 0 Å². The van der Waals surface area contributed by atoms with Gasteiger partial charge in [-0.05, 0) is 48.2 Å². The number of benzene rings is 2. The Hall–Kier alpha value is -0.551. The monoisotopic (exact) mass is 249 g/mol. The van der Waals surface area contributed by atoms with E-state index in [2.05, 4.69) is 55.3 Å². The van der Waals surface area contributed by atoms with Crippen molar-refractivity contribution in [3.63, 3.8) is 0 Å². The van der Waals surface area contributed by atoms with Crippen molar-refractivity contribution in [1.29, 1.82) is 0 Å². The summed E-state index contributed by atoms with van der Waals surface area (Å²) in [4.78, 5) is 0. The summed E-state index contributed by atoms with van der Waals surface area (Å²) < 4.78 is 0. The van der Waals surface area contributed by atoms with E-state index in [1.54, 1.807) is 0 Å². The Morgan fingerprint density at radius 3 is 1.93 bits per heavy atom. The van der Waals surface area contributed by atoms with E-state index in [4.69, 9.17) is 0 Å². The SMILES string of the molecule is Cc1c(C)c([Si])c2ccccc2c1C.[Cr]. The third-order valence-electron chi connectivity index (χ3n) is 3.10. The minimum atomic E-state index is 0. The Bertz CT molecular complexity index is 457. The maximum atomic E-state index is 3.72. The van der Waals surface area contributed by atoms with Crippen LogP contribution in [0, 0.1) is 20.8 Å². The second-order valence-electron chi connectivity index (χ2n) is 3.80. The zero-order valence-electron chi connectivity index (χ0n) is 9.22. The van der Waals surface area contributed by atoms with E-state index >= 15 is 0 Å². The second-order valence-corrected chi connectivity index (χ2v) is 4.30. The van der Waals surface area contributed by atoms with Crippen molar-refractivity contribution in [2.45, 2.75) is 20.8 Å². The van der Waals surface area contributed by atoms with Crippen LogP contribution in [-0.2, 0) is 17.4 Å². The Morgan fingerprint density at radius 2 is 1.33 bits per heavy atom. The third-order valence-corrected chi connectivity index (χ3v) is 3.74. The van der Waals surface area contributed by atoms with Crippen molar-refractivity contribution in [3.8, 4) is 0 Å². The van der Waals surface area contributed by atoms with Crippen LogP contribution in [0.5, 0.6) is 0 Å². The minimum Gasteiger partial charge on any atom is -0.0616 e. The summed E-state index contributed by atoms with van der Waals surface area (Å²) in [6.07, 6.45) is 0. The summed E-state index contributed by atoms with van der Waals surface area (Å²) >= 11 is 0. The predicted octanol–water partition coefficient (Wildman–Crippen LogP) is 2.56. The van der Waals surface area contributed by atoms with Crippen LogP contribution in [0.1, 0.15) is 16.7 Å². The molecule has 0 N–H and O–H groups in total. The average molecular weight is 249 g/mol. The van der Waals surface area contributed by atoms with Crippen molar-refractivity contribution >= 4 is 26.2 Å². The molecule has 0 heterocycles. The Labute approximate surface area is 105 Å². The van der Waals surface area contributed by atoms with Gasteiger partial charge in [-0.2, -0.15) is 0 Å². The zero-order valence-corrected chi connectivity index (χ0v) is 11.5. The number of fused-ring (bicyclic) bond motifs is 1. The summed E-state index contributed by atoms with van der Waals surface area (Å²) in [5, 5.41) is 3.88. The zero-order chi connectivity index (χ0) is 10.3. The molecule has 0 unspecified atom stereocenters. The van der Waals surface area contributed by atoms with Crippen LogP contribution in [0.15, 0.2) is 24.3 Å². The molecule has 2 aromatic carbocycles. The number of rotatable bonds is 0. The van der Waals surface area contributed by atoms with Gasteiger partial charge in [0.25, 0.3) is 0 Å². The molecule has 75 valence electrons. The third kappa shape index (κ3) is 1.90. The van der Waals surface area contributed by atoms with Gasteiger partial charge in [0, 0.05) is 17.4 Å². The molecule has 0 atom stereocenters. The first-order valence-electron chi connectivity index (χ1n) is 4.83. The topological polar surface area (TPSA) is 0 Å². The number of hydrogen-bond acceptors (Lipinski definition) is 0. The number of hydrogen-bond donors (Lipinski definition) is 0. The first kappa shape index (κ1) is 12.5. The van der Waals surface area contributed by atoms with Gasteiger partial charge in [0.2, 0.25) is 0 Å². The van der Waals surface area contributed by atoms with Crippen molar-refractivity contribution < 1.29 is 17.4 Å². The van der Waals surface area contributed by atoms with Crippen LogP contribution in [0.4, 0.5) is 0 Å². The molecule has 2 aromatic rings. The van der Waals surface area contributed by atoms with Crippen LogP contribution in [0.3, 0.4) is 0 Å². The molecule has 0 aliphatic rings. The van der Waals surface area contributed by atoms with Gasteiger partial charge in [0.05, 0.1) is 10.2 Å². The molecule has 2 heteroatoms. The number of aryl methyl sites for hydroxylation is 1. The minimum absolute atomic E-state index is 0. The summed E-state index contributed by atoms with van der Waals surface area (Å²) in [5.74, 6) is 0. The molecule has 0 aliphatic heterocycles. The molecule has 0 nitrogen and oxygen atoms in total. The molecule has 0 saturated carbocycles. The van der Waals surface area contributed by atoms with Crippen LogP contribution in [-0.4, -0.2) is 10.2 Å². The van der Waals surface area contributed by atoms with Crippen LogP contribution in [0.25, 0.3) is 10.8 Å². The average Bonchev–Trinajstić information content (AvgIpc) is 2.23. The Kier molecular flexibility index (Phi) is 3.78. The molecule has 2 rings (SSSR count). The van der Waals surface area contributed by atoms with Crippen molar-refractivity contribution in [1.82, 2.24) is 0 Å². The first-order valence-corrected chi connectivity index (χ1v) is 5.33. The molecule has 0 bridgehead atoms. The van der Waals surface area contributed by atoms with Gasteiger partial charge in [-0.25, -0.2) is 0 Å². The van der Waals surface area contributed by atoms with E-state index in [0.29, 0.717) is 0 Å². The molecular weight excluding hydrogens is 236 g/mol. The fraction of sp³-hybridized carbons (Fsp3) is 0.231. The van der Waals surface area contributed by atoms with Gasteiger partial charge in [0.1, 0.15) is 0 Å². The predicted molar refractivity (Wildman–Crippen MR) is 63.5 cm³/mol. The summed E-state index contributed by atoms with van der Waals surface area (Å²) in [6.45, 7) is 6.54. The standard InChI is InChI=1S/C13H13Si.Cr/c1-8-9(2)11-6-4-5-7-12(11)13(14)10(8)3;/h4-7H,1-3H3;. The van der Waals surface area contributed by atoms with Gasteiger partial charge in [-0.1, -0.05) is 29.5 Å². The maximum Gasteiger partial charge on any atom is 0.0724 e. The molecule has 0 aliphatic carbocycles. The quantitative estimate of drug-likeness (QED) is 0.629. The molecule has 0 amide bonds. The van der Waals surface area contributed by atoms with Gasteiger partial charge in [-0.3, -0.25) is 0 Å². The largest absolute Gasteiger partial charge is 0.0724 e. The van der Waals surface area contributed by atoms with E-state index in [-0.39, 0.29) is 17.4 Å². The molecule has 0 saturated heterocycles. The molecule has 3 radical (unpaired) electrons. The summed E-state index contributed by atoms with van der Waals surface area (Å²) in [6, 6.07) is 8.52. The molecule has 0 fully saturated rings. The van der Waals surface area contributed by atoms with Gasteiger partial charge in [0.15, 0.2) is 0 Å². The van der Waals surface area contributed by atoms with Gasteiger partial charge < -0.3 is 0 Å². The summed E-state index contributed by atoms with van der Waals surface area (Å²) in [7, 11) is 3.72. The molecule has 0 spiro atoms. The fourth-order valence-corrected chi connectivity index (χ4v) is 2.31. The van der Waals surface area contributed by atoms with E-state index in [1.165, 1.54) is 32.6 Å². The van der Waals surface area contributed by atoms with E-state index in [1.807, 2.05) is 0 Å². The fourth-order valence-electron chi connectivity index (χ4n) is 1.90. The Morgan fingerprint density at radius 1 is 0.800 bits per heavy atom.